The largest absolute Gasteiger partial charge is 0.388 e. The number of hydrogen-bond donors (Lipinski definition) is 1. The summed E-state index contributed by atoms with van der Waals surface area (Å²) in [5.41, 5.74) is 2.25. The molecule has 1 N–H and O–H groups in total. The van der Waals surface area contributed by atoms with Gasteiger partial charge in [0.25, 0.3) is 0 Å². The van der Waals surface area contributed by atoms with E-state index in [0.29, 0.717) is 5.92 Å². The third-order valence-electron chi connectivity index (χ3n) is 4.17. The highest BCUT2D eigenvalue weighted by Gasteiger charge is 2.26. The van der Waals surface area contributed by atoms with Crippen molar-refractivity contribution in [2.45, 2.75) is 38.7 Å². The quantitative estimate of drug-likeness (QED) is 0.882. The maximum atomic E-state index is 10.5. The van der Waals surface area contributed by atoms with Crippen LogP contribution >= 0.6 is 0 Å². The molecule has 0 bridgehead atoms. The zero-order chi connectivity index (χ0) is 13.1. The summed E-state index contributed by atoms with van der Waals surface area (Å²) in [6, 6.07) is 8.31. The molecule has 1 aliphatic carbocycles. The van der Waals surface area contributed by atoms with Crippen LogP contribution in [0.15, 0.2) is 24.3 Å². The van der Waals surface area contributed by atoms with E-state index < -0.39 is 0 Å². The SMILES string of the molecule is CC1CCCC(C(O)c2ccc(N(C)C)cc2)C1. The molecule has 2 nitrogen and oxygen atoms in total. The molecular formula is C16H25NO. The second-order valence-corrected chi connectivity index (χ2v) is 5.96. The average molecular weight is 247 g/mol. The highest BCUT2D eigenvalue weighted by atomic mass is 16.3. The van der Waals surface area contributed by atoms with Crippen LogP contribution in [0.1, 0.15) is 44.3 Å². The molecule has 3 unspecified atom stereocenters. The van der Waals surface area contributed by atoms with Crippen LogP contribution in [-0.2, 0) is 0 Å². The number of benzene rings is 1. The zero-order valence-corrected chi connectivity index (χ0v) is 11.8. The molecule has 0 radical (unpaired) electrons. The van der Waals surface area contributed by atoms with Gasteiger partial charge >= 0.3 is 0 Å². The normalized spacial score (nSPS) is 25.8. The number of aliphatic hydroxyl groups is 1. The summed E-state index contributed by atoms with van der Waals surface area (Å²) >= 11 is 0. The van der Waals surface area contributed by atoms with Crippen molar-refractivity contribution in [1.29, 1.82) is 0 Å². The molecule has 0 spiro atoms. The van der Waals surface area contributed by atoms with Crippen molar-refractivity contribution >= 4 is 5.69 Å². The summed E-state index contributed by atoms with van der Waals surface area (Å²) < 4.78 is 0. The Morgan fingerprint density at radius 2 is 1.83 bits per heavy atom. The molecule has 1 saturated carbocycles. The maximum absolute atomic E-state index is 10.5. The Morgan fingerprint density at radius 1 is 1.17 bits per heavy atom. The molecular weight excluding hydrogens is 222 g/mol. The highest BCUT2D eigenvalue weighted by molar-refractivity contribution is 5.46. The third-order valence-corrected chi connectivity index (χ3v) is 4.17. The van der Waals surface area contributed by atoms with Crippen molar-refractivity contribution in [3.63, 3.8) is 0 Å². The van der Waals surface area contributed by atoms with Crippen molar-refractivity contribution in [2.24, 2.45) is 11.8 Å². The average Bonchev–Trinajstić information content (AvgIpc) is 2.38. The molecule has 1 aromatic carbocycles. The number of rotatable bonds is 3. The minimum Gasteiger partial charge on any atom is -0.388 e. The first-order valence-corrected chi connectivity index (χ1v) is 7.03. The van der Waals surface area contributed by atoms with Gasteiger partial charge in [-0.2, -0.15) is 0 Å². The molecule has 0 heterocycles. The Labute approximate surface area is 111 Å². The lowest BCUT2D eigenvalue weighted by Crippen LogP contribution is -2.20. The topological polar surface area (TPSA) is 23.5 Å². The smallest absolute Gasteiger partial charge is 0.0818 e. The first kappa shape index (κ1) is 13.4. The van der Waals surface area contributed by atoms with Crippen LogP contribution in [-0.4, -0.2) is 19.2 Å². The number of anilines is 1. The van der Waals surface area contributed by atoms with Gasteiger partial charge < -0.3 is 10.0 Å². The fourth-order valence-corrected chi connectivity index (χ4v) is 3.01. The van der Waals surface area contributed by atoms with E-state index in [1.54, 1.807) is 0 Å². The zero-order valence-electron chi connectivity index (χ0n) is 11.8. The van der Waals surface area contributed by atoms with Gasteiger partial charge in [-0.15, -0.1) is 0 Å². The van der Waals surface area contributed by atoms with Gasteiger partial charge in [-0.1, -0.05) is 31.9 Å². The summed E-state index contributed by atoms with van der Waals surface area (Å²) in [4.78, 5) is 2.08. The van der Waals surface area contributed by atoms with Gasteiger partial charge in [-0.3, -0.25) is 0 Å². The van der Waals surface area contributed by atoms with E-state index in [4.69, 9.17) is 0 Å². The van der Waals surface area contributed by atoms with Gasteiger partial charge in [-0.05, 0) is 42.4 Å². The Hall–Kier alpha value is -1.02. The van der Waals surface area contributed by atoms with Crippen molar-refractivity contribution in [3.05, 3.63) is 29.8 Å². The summed E-state index contributed by atoms with van der Waals surface area (Å²) in [5.74, 6) is 1.21. The van der Waals surface area contributed by atoms with Crippen LogP contribution in [0, 0.1) is 11.8 Å². The van der Waals surface area contributed by atoms with E-state index in [1.807, 2.05) is 14.1 Å². The van der Waals surface area contributed by atoms with Gasteiger partial charge in [0, 0.05) is 19.8 Å². The summed E-state index contributed by atoms with van der Waals surface area (Å²) in [5, 5.41) is 10.5. The van der Waals surface area contributed by atoms with Crippen molar-refractivity contribution in [3.8, 4) is 0 Å². The van der Waals surface area contributed by atoms with E-state index in [2.05, 4.69) is 36.1 Å². The molecule has 0 aliphatic heterocycles. The van der Waals surface area contributed by atoms with E-state index >= 15 is 0 Å². The van der Waals surface area contributed by atoms with Crippen LogP contribution in [0.2, 0.25) is 0 Å². The van der Waals surface area contributed by atoms with Crippen LogP contribution in [0.5, 0.6) is 0 Å². The van der Waals surface area contributed by atoms with Crippen LogP contribution < -0.4 is 4.90 Å². The maximum Gasteiger partial charge on any atom is 0.0818 e. The van der Waals surface area contributed by atoms with E-state index in [0.717, 1.165) is 17.9 Å². The molecule has 3 atom stereocenters. The monoisotopic (exact) mass is 247 g/mol. The fourth-order valence-electron chi connectivity index (χ4n) is 3.01. The van der Waals surface area contributed by atoms with Gasteiger partial charge in [-0.25, -0.2) is 0 Å². The summed E-state index contributed by atoms with van der Waals surface area (Å²) in [7, 11) is 4.07. The molecule has 100 valence electrons. The lowest BCUT2D eigenvalue weighted by molar-refractivity contribution is 0.0714. The van der Waals surface area contributed by atoms with E-state index in [1.165, 1.54) is 24.9 Å². The van der Waals surface area contributed by atoms with Crippen LogP contribution in [0.3, 0.4) is 0 Å². The molecule has 18 heavy (non-hydrogen) atoms. The predicted molar refractivity (Wildman–Crippen MR) is 76.9 cm³/mol. The molecule has 2 heteroatoms. The predicted octanol–water partition coefficient (Wildman–Crippen LogP) is 3.61. The minimum absolute atomic E-state index is 0.288. The molecule has 2 rings (SSSR count). The van der Waals surface area contributed by atoms with Gasteiger partial charge in [0.05, 0.1) is 6.10 Å². The van der Waals surface area contributed by atoms with Gasteiger partial charge in [0.1, 0.15) is 0 Å². The first-order valence-electron chi connectivity index (χ1n) is 7.03. The lowest BCUT2D eigenvalue weighted by Gasteiger charge is -2.30. The second-order valence-electron chi connectivity index (χ2n) is 5.96. The van der Waals surface area contributed by atoms with Crippen LogP contribution in [0.25, 0.3) is 0 Å². The number of nitrogens with zero attached hydrogens (tertiary/aromatic N) is 1. The van der Waals surface area contributed by atoms with E-state index in [9.17, 15) is 5.11 Å². The molecule has 0 aromatic heterocycles. The number of hydrogen-bond acceptors (Lipinski definition) is 2. The highest BCUT2D eigenvalue weighted by Crippen LogP contribution is 2.37. The van der Waals surface area contributed by atoms with Gasteiger partial charge in [0.15, 0.2) is 0 Å². The minimum atomic E-state index is -0.288. The van der Waals surface area contributed by atoms with Crippen LogP contribution in [0.4, 0.5) is 5.69 Å². The summed E-state index contributed by atoms with van der Waals surface area (Å²) in [6.45, 7) is 2.30. The molecule has 0 saturated heterocycles. The third kappa shape index (κ3) is 3.05. The van der Waals surface area contributed by atoms with Gasteiger partial charge in [0.2, 0.25) is 0 Å². The molecule has 1 aromatic rings. The van der Waals surface area contributed by atoms with Crippen molar-refractivity contribution in [1.82, 2.24) is 0 Å². The molecule has 1 fully saturated rings. The summed E-state index contributed by atoms with van der Waals surface area (Å²) in [6.07, 6.45) is 4.63. The molecule has 0 amide bonds. The fraction of sp³-hybridized carbons (Fsp3) is 0.625. The second kappa shape index (κ2) is 5.75. The number of aliphatic hydroxyl groups excluding tert-OH is 1. The standard InChI is InChI=1S/C16H25NO/c1-12-5-4-6-14(11-12)16(18)13-7-9-15(10-8-13)17(2)3/h7-10,12,14,16,18H,4-6,11H2,1-3H3. The van der Waals surface area contributed by atoms with Crippen molar-refractivity contribution < 1.29 is 5.11 Å². The first-order chi connectivity index (χ1) is 8.58. The molecule has 1 aliphatic rings. The van der Waals surface area contributed by atoms with E-state index in [-0.39, 0.29) is 6.10 Å². The Morgan fingerprint density at radius 3 is 2.39 bits per heavy atom. The lowest BCUT2D eigenvalue weighted by atomic mass is 9.78. The Bertz CT molecular complexity index is 371. The van der Waals surface area contributed by atoms with Crippen molar-refractivity contribution in [2.75, 3.05) is 19.0 Å². The Balaban J connectivity index is 2.05. The Kier molecular flexibility index (Phi) is 4.28.